The lowest BCUT2D eigenvalue weighted by atomic mass is 9.81. The van der Waals surface area contributed by atoms with Crippen molar-refractivity contribution in [3.63, 3.8) is 0 Å². The van der Waals surface area contributed by atoms with Crippen LogP contribution in [0.5, 0.6) is 0 Å². The van der Waals surface area contributed by atoms with E-state index in [1.165, 1.54) is 0 Å². The van der Waals surface area contributed by atoms with Crippen LogP contribution in [0.1, 0.15) is 91.9 Å². The van der Waals surface area contributed by atoms with Gasteiger partial charge in [0.05, 0.1) is 0 Å². The first kappa shape index (κ1) is 24.8. The van der Waals surface area contributed by atoms with Gasteiger partial charge in [-0.2, -0.15) is 0 Å². The first-order chi connectivity index (χ1) is 11.9. The zero-order valence-electron chi connectivity index (χ0n) is 16.8. The largest absolute Gasteiger partial charge is 0.479 e. The monoisotopic (exact) mass is 376 g/mol. The van der Waals surface area contributed by atoms with E-state index in [0.29, 0.717) is 12.8 Å². The van der Waals surface area contributed by atoms with Crippen molar-refractivity contribution in [2.75, 3.05) is 0 Å². The molecule has 0 aromatic rings. The van der Waals surface area contributed by atoms with Gasteiger partial charge in [-0.05, 0) is 12.8 Å². The fourth-order valence-electron chi connectivity index (χ4n) is 3.15. The minimum Gasteiger partial charge on any atom is -0.479 e. The van der Waals surface area contributed by atoms with Crippen molar-refractivity contribution in [1.82, 2.24) is 0 Å². The van der Waals surface area contributed by atoms with Gasteiger partial charge < -0.3 is 15.3 Å². The molecular weight excluding hydrogens is 339 g/mol. The molecule has 0 heterocycles. The van der Waals surface area contributed by atoms with Crippen LogP contribution in [0, 0.1) is 10.8 Å². The average Bonchev–Trinajstić information content (AvgIpc) is 2.54. The van der Waals surface area contributed by atoms with E-state index in [0.717, 1.165) is 51.4 Å². The molecule has 0 aromatic carbocycles. The zero-order valence-corrected chi connectivity index (χ0v) is 16.8. The molecule has 0 amide bonds. The quantitative estimate of drug-likeness (QED) is 0.357. The summed E-state index contributed by atoms with van der Waals surface area (Å²) in [4.78, 5) is 21.6. The van der Waals surface area contributed by atoms with Crippen molar-refractivity contribution in [1.29, 1.82) is 0 Å². The molecule has 0 saturated carbocycles. The third-order valence-corrected chi connectivity index (χ3v) is 5.27. The number of alkyl halides is 1. The lowest BCUT2D eigenvalue weighted by molar-refractivity contribution is -0.153. The molecule has 0 bridgehead atoms. The molecule has 2 atom stereocenters. The van der Waals surface area contributed by atoms with Crippen LogP contribution >= 0.6 is 0 Å². The molecule has 0 spiro atoms. The summed E-state index contributed by atoms with van der Waals surface area (Å²) in [5.74, 6) is -2.55. The van der Waals surface area contributed by atoms with Gasteiger partial charge in [0.1, 0.15) is 0 Å². The summed E-state index contributed by atoms with van der Waals surface area (Å²) in [5, 5.41) is 27.3. The summed E-state index contributed by atoms with van der Waals surface area (Å²) >= 11 is 0. The Balaban J connectivity index is 3.69. The molecule has 0 unspecified atom stereocenters. The third-order valence-electron chi connectivity index (χ3n) is 5.27. The Kier molecular flexibility index (Phi) is 11.0. The van der Waals surface area contributed by atoms with Crippen molar-refractivity contribution in [2.24, 2.45) is 10.8 Å². The molecular formula is C20H37FO5. The van der Waals surface area contributed by atoms with Gasteiger partial charge in [-0.15, -0.1) is 0 Å². The summed E-state index contributed by atoms with van der Waals surface area (Å²) in [6.07, 6.45) is 6.19. The molecule has 0 radical (unpaired) electrons. The summed E-state index contributed by atoms with van der Waals surface area (Å²) < 4.78 is 13.6. The number of carboxylic acids is 2. The molecule has 154 valence electrons. The van der Waals surface area contributed by atoms with E-state index in [4.69, 9.17) is 10.2 Å². The van der Waals surface area contributed by atoms with Crippen molar-refractivity contribution in [3.05, 3.63) is 0 Å². The Morgan fingerprint density at radius 1 is 0.731 bits per heavy atom. The zero-order chi connectivity index (χ0) is 20.4. The van der Waals surface area contributed by atoms with Gasteiger partial charge in [0.25, 0.3) is 0 Å². The standard InChI is InChI=1S/C20H37FO5/c1-19(2,15(21)17(23)24)13-11-9-7-5-6-8-10-12-14-20(3,4)16(22)18(25)26/h15-16,22H,5-14H2,1-4H3,(H,23,24)(H,25,26)/t15-,16+/m1/s1. The number of carboxylic acid groups (broad SMARTS) is 2. The van der Waals surface area contributed by atoms with Gasteiger partial charge >= 0.3 is 11.9 Å². The minimum absolute atomic E-state index is 0.571. The molecule has 6 heteroatoms. The number of aliphatic hydroxyl groups is 1. The van der Waals surface area contributed by atoms with Crippen LogP contribution in [0.3, 0.4) is 0 Å². The predicted octanol–water partition coefficient (Wildman–Crippen LogP) is 4.81. The van der Waals surface area contributed by atoms with Crippen LogP contribution in [0.25, 0.3) is 0 Å². The van der Waals surface area contributed by atoms with E-state index in [1.807, 2.05) is 0 Å². The van der Waals surface area contributed by atoms with Crippen LogP contribution < -0.4 is 0 Å². The summed E-state index contributed by atoms with van der Waals surface area (Å²) in [6.45, 7) is 6.88. The Bertz CT molecular complexity index is 394. The average molecular weight is 377 g/mol. The summed E-state index contributed by atoms with van der Waals surface area (Å²) in [6, 6.07) is 0. The highest BCUT2D eigenvalue weighted by molar-refractivity contribution is 5.73. The summed E-state index contributed by atoms with van der Waals surface area (Å²) in [7, 11) is 0. The molecule has 0 saturated heterocycles. The third kappa shape index (κ3) is 9.51. The van der Waals surface area contributed by atoms with Gasteiger partial charge in [-0.3, -0.25) is 0 Å². The molecule has 0 aliphatic rings. The molecule has 0 aliphatic heterocycles. The second kappa shape index (κ2) is 11.5. The van der Waals surface area contributed by atoms with Gasteiger partial charge in [0.15, 0.2) is 6.10 Å². The number of aliphatic carboxylic acids is 2. The number of hydrogen-bond acceptors (Lipinski definition) is 3. The molecule has 0 aliphatic carbocycles. The number of halogens is 1. The maximum Gasteiger partial charge on any atom is 0.338 e. The maximum atomic E-state index is 13.6. The highest BCUT2D eigenvalue weighted by Crippen LogP contribution is 2.31. The minimum atomic E-state index is -1.81. The number of hydrogen-bond donors (Lipinski definition) is 3. The lowest BCUT2D eigenvalue weighted by Crippen LogP contribution is -2.36. The van der Waals surface area contributed by atoms with Crippen molar-refractivity contribution in [3.8, 4) is 0 Å². The van der Waals surface area contributed by atoms with Crippen molar-refractivity contribution < 1.29 is 29.3 Å². The Labute approximate surface area is 157 Å². The number of aliphatic hydroxyl groups excluding tert-OH is 1. The molecule has 0 rings (SSSR count). The van der Waals surface area contributed by atoms with Gasteiger partial charge in [0.2, 0.25) is 6.17 Å². The molecule has 0 aromatic heterocycles. The topological polar surface area (TPSA) is 94.8 Å². The Morgan fingerprint density at radius 2 is 1.08 bits per heavy atom. The number of carbonyl (C=O) groups is 2. The normalized spacial score (nSPS) is 14.8. The second-order valence-electron chi connectivity index (χ2n) is 8.75. The fraction of sp³-hybridized carbons (Fsp3) is 0.900. The Morgan fingerprint density at radius 3 is 1.42 bits per heavy atom. The van der Waals surface area contributed by atoms with Crippen LogP contribution in [0.4, 0.5) is 4.39 Å². The van der Waals surface area contributed by atoms with E-state index >= 15 is 0 Å². The molecule has 5 nitrogen and oxygen atoms in total. The maximum absolute atomic E-state index is 13.6. The number of rotatable bonds is 15. The van der Waals surface area contributed by atoms with Crippen molar-refractivity contribution in [2.45, 2.75) is 104 Å². The predicted molar refractivity (Wildman–Crippen MR) is 99.9 cm³/mol. The van der Waals surface area contributed by atoms with Gasteiger partial charge in [-0.25, -0.2) is 14.0 Å². The van der Waals surface area contributed by atoms with E-state index < -0.39 is 35.0 Å². The summed E-state index contributed by atoms with van der Waals surface area (Å²) in [5.41, 5.74) is -1.43. The fourth-order valence-corrected chi connectivity index (χ4v) is 3.15. The van der Waals surface area contributed by atoms with Crippen LogP contribution in [0.15, 0.2) is 0 Å². The van der Waals surface area contributed by atoms with E-state index in [-0.39, 0.29) is 0 Å². The van der Waals surface area contributed by atoms with Crippen molar-refractivity contribution >= 4 is 11.9 Å². The first-order valence-electron chi connectivity index (χ1n) is 9.69. The first-order valence-corrected chi connectivity index (χ1v) is 9.69. The SMILES string of the molecule is CC(C)(CCCCCCCCCCC(C)(C)[C@@H](O)C(=O)O)[C@H](F)C(=O)O. The van der Waals surface area contributed by atoms with E-state index in [2.05, 4.69) is 0 Å². The van der Waals surface area contributed by atoms with E-state index in [9.17, 15) is 19.1 Å². The highest BCUT2D eigenvalue weighted by Gasteiger charge is 2.34. The number of unbranched alkanes of at least 4 members (excludes halogenated alkanes) is 7. The van der Waals surface area contributed by atoms with Crippen LogP contribution in [0.2, 0.25) is 0 Å². The van der Waals surface area contributed by atoms with Crippen LogP contribution in [-0.4, -0.2) is 39.5 Å². The Hall–Kier alpha value is -1.17. The van der Waals surface area contributed by atoms with Gasteiger partial charge in [0, 0.05) is 10.8 Å². The van der Waals surface area contributed by atoms with Crippen LogP contribution in [-0.2, 0) is 9.59 Å². The highest BCUT2D eigenvalue weighted by atomic mass is 19.1. The van der Waals surface area contributed by atoms with E-state index in [1.54, 1.807) is 27.7 Å². The molecule has 0 fully saturated rings. The molecule has 26 heavy (non-hydrogen) atoms. The lowest BCUT2D eigenvalue weighted by Gasteiger charge is -2.27. The smallest absolute Gasteiger partial charge is 0.338 e. The van der Waals surface area contributed by atoms with Gasteiger partial charge in [-0.1, -0.05) is 79.1 Å². The molecule has 3 N–H and O–H groups in total. The second-order valence-corrected chi connectivity index (χ2v) is 8.75.